The highest BCUT2D eigenvalue weighted by molar-refractivity contribution is 6.30. The quantitative estimate of drug-likeness (QED) is 0.680. The molecule has 1 heterocycles. The molecule has 0 atom stereocenters. The summed E-state index contributed by atoms with van der Waals surface area (Å²) in [5.74, 6) is 1.14. The molecular weight excluding hydrogens is 354 g/mol. The van der Waals surface area contributed by atoms with Gasteiger partial charge in [0, 0.05) is 16.1 Å². The van der Waals surface area contributed by atoms with Crippen LogP contribution in [0.1, 0.15) is 24.2 Å². The van der Waals surface area contributed by atoms with Crippen LogP contribution in [0.2, 0.25) is 5.02 Å². The fraction of sp³-hybridized carbons (Fsp3) is 0.211. The average Bonchev–Trinajstić information content (AvgIpc) is 3.09. The molecular formula is C19H18ClN3O3. The fourth-order valence-electron chi connectivity index (χ4n) is 2.21. The predicted molar refractivity (Wildman–Crippen MR) is 99.5 cm³/mol. The first-order valence-corrected chi connectivity index (χ1v) is 8.53. The lowest BCUT2D eigenvalue weighted by Crippen LogP contribution is -2.12. The second-order valence-electron chi connectivity index (χ2n) is 6.15. The van der Waals surface area contributed by atoms with E-state index in [1.54, 1.807) is 24.3 Å². The van der Waals surface area contributed by atoms with Crippen molar-refractivity contribution in [3.63, 3.8) is 0 Å². The molecule has 134 valence electrons. The first kappa shape index (κ1) is 17.9. The number of rotatable bonds is 6. The minimum atomic E-state index is -0.324. The predicted octanol–water partition coefficient (Wildman–Crippen LogP) is 4.68. The Morgan fingerprint density at radius 2 is 1.81 bits per heavy atom. The smallest absolute Gasteiger partial charge is 0.256 e. The van der Waals surface area contributed by atoms with Gasteiger partial charge in [-0.3, -0.25) is 4.79 Å². The Balaban J connectivity index is 1.73. The molecule has 0 bridgehead atoms. The van der Waals surface area contributed by atoms with Crippen molar-refractivity contribution in [2.24, 2.45) is 5.92 Å². The van der Waals surface area contributed by atoms with Gasteiger partial charge in [-0.2, -0.15) is 0 Å². The van der Waals surface area contributed by atoms with Crippen LogP contribution >= 0.6 is 11.6 Å². The summed E-state index contributed by atoms with van der Waals surface area (Å²) in [6.45, 7) is 4.82. The highest BCUT2D eigenvalue weighted by Gasteiger charge is 2.16. The van der Waals surface area contributed by atoms with Gasteiger partial charge < -0.3 is 10.1 Å². The van der Waals surface area contributed by atoms with Crippen LogP contribution in [0.3, 0.4) is 0 Å². The Morgan fingerprint density at radius 1 is 1.12 bits per heavy atom. The molecule has 0 fully saturated rings. The summed E-state index contributed by atoms with van der Waals surface area (Å²) < 4.78 is 10.5. The highest BCUT2D eigenvalue weighted by Crippen LogP contribution is 2.27. The minimum absolute atomic E-state index is 0.251. The average molecular weight is 372 g/mol. The van der Waals surface area contributed by atoms with Crippen LogP contribution in [-0.2, 0) is 0 Å². The molecule has 1 aromatic heterocycles. The Hall–Kier alpha value is -2.86. The molecule has 0 aliphatic rings. The molecule has 3 aromatic rings. The summed E-state index contributed by atoms with van der Waals surface area (Å²) in [5, 5.41) is 10.9. The first-order chi connectivity index (χ1) is 12.5. The SMILES string of the molecule is CC(C)COc1ccc(-c2nonc2NC(=O)c2ccc(Cl)cc2)cc1. The molecule has 0 saturated heterocycles. The van der Waals surface area contributed by atoms with Gasteiger partial charge in [-0.15, -0.1) is 0 Å². The van der Waals surface area contributed by atoms with Crippen molar-refractivity contribution in [1.82, 2.24) is 10.3 Å². The van der Waals surface area contributed by atoms with Gasteiger partial charge >= 0.3 is 0 Å². The van der Waals surface area contributed by atoms with Crippen molar-refractivity contribution in [3.05, 3.63) is 59.1 Å². The van der Waals surface area contributed by atoms with E-state index in [-0.39, 0.29) is 11.7 Å². The van der Waals surface area contributed by atoms with E-state index in [0.29, 0.717) is 28.8 Å². The molecule has 26 heavy (non-hydrogen) atoms. The number of nitrogens with one attached hydrogen (secondary N) is 1. The number of aromatic nitrogens is 2. The molecule has 1 amide bonds. The summed E-state index contributed by atoms with van der Waals surface area (Å²) in [6, 6.07) is 13.9. The second kappa shape index (κ2) is 8.01. The lowest BCUT2D eigenvalue weighted by molar-refractivity contribution is 0.102. The van der Waals surface area contributed by atoms with E-state index in [0.717, 1.165) is 11.3 Å². The van der Waals surface area contributed by atoms with Gasteiger partial charge in [0.15, 0.2) is 5.69 Å². The van der Waals surface area contributed by atoms with Gasteiger partial charge in [0.2, 0.25) is 5.82 Å². The van der Waals surface area contributed by atoms with Crippen LogP contribution in [0.25, 0.3) is 11.3 Å². The van der Waals surface area contributed by atoms with Crippen LogP contribution in [0.5, 0.6) is 5.75 Å². The van der Waals surface area contributed by atoms with Crippen LogP contribution in [0.4, 0.5) is 5.82 Å². The molecule has 7 heteroatoms. The molecule has 3 rings (SSSR count). The van der Waals surface area contributed by atoms with Gasteiger partial charge in [-0.05, 0) is 64.8 Å². The van der Waals surface area contributed by atoms with Gasteiger partial charge in [0.25, 0.3) is 5.91 Å². The zero-order valence-corrected chi connectivity index (χ0v) is 15.2. The number of hydrogen-bond donors (Lipinski definition) is 1. The third kappa shape index (κ3) is 4.40. The molecule has 0 spiro atoms. The number of carbonyl (C=O) groups excluding carboxylic acids is 1. The van der Waals surface area contributed by atoms with E-state index in [1.807, 2.05) is 24.3 Å². The van der Waals surface area contributed by atoms with E-state index in [4.69, 9.17) is 21.0 Å². The molecule has 0 radical (unpaired) electrons. The Bertz CT molecular complexity index is 874. The van der Waals surface area contributed by atoms with Crippen molar-refractivity contribution in [1.29, 1.82) is 0 Å². The molecule has 1 N–H and O–H groups in total. The highest BCUT2D eigenvalue weighted by atomic mass is 35.5. The maximum Gasteiger partial charge on any atom is 0.256 e. The number of halogens is 1. The van der Waals surface area contributed by atoms with Gasteiger partial charge in [0.1, 0.15) is 5.75 Å². The summed E-state index contributed by atoms with van der Waals surface area (Å²) in [4.78, 5) is 12.3. The third-order valence-electron chi connectivity index (χ3n) is 3.54. The van der Waals surface area contributed by atoms with Crippen molar-refractivity contribution in [2.75, 3.05) is 11.9 Å². The summed E-state index contributed by atoms with van der Waals surface area (Å²) in [5.41, 5.74) is 1.66. The van der Waals surface area contributed by atoms with Gasteiger partial charge in [0.05, 0.1) is 6.61 Å². The van der Waals surface area contributed by atoms with Crippen molar-refractivity contribution < 1.29 is 14.2 Å². The van der Waals surface area contributed by atoms with E-state index in [9.17, 15) is 4.79 Å². The Kier molecular flexibility index (Phi) is 5.53. The molecule has 0 aliphatic carbocycles. The maximum atomic E-state index is 12.3. The number of benzene rings is 2. The topological polar surface area (TPSA) is 77.2 Å². The third-order valence-corrected chi connectivity index (χ3v) is 3.79. The van der Waals surface area contributed by atoms with E-state index in [2.05, 4.69) is 29.5 Å². The lowest BCUT2D eigenvalue weighted by Gasteiger charge is -2.09. The zero-order chi connectivity index (χ0) is 18.5. The monoisotopic (exact) mass is 371 g/mol. The van der Waals surface area contributed by atoms with Gasteiger partial charge in [-0.25, -0.2) is 4.63 Å². The van der Waals surface area contributed by atoms with Crippen LogP contribution in [0, 0.1) is 5.92 Å². The van der Waals surface area contributed by atoms with Crippen molar-refractivity contribution in [3.8, 4) is 17.0 Å². The Labute approximate surface area is 156 Å². The maximum absolute atomic E-state index is 12.3. The van der Waals surface area contributed by atoms with Crippen LogP contribution in [0.15, 0.2) is 53.2 Å². The van der Waals surface area contributed by atoms with Crippen LogP contribution < -0.4 is 10.1 Å². The van der Waals surface area contributed by atoms with Gasteiger partial charge in [-0.1, -0.05) is 25.4 Å². The van der Waals surface area contributed by atoms with E-state index < -0.39 is 0 Å². The normalized spacial score (nSPS) is 10.8. The zero-order valence-electron chi connectivity index (χ0n) is 14.4. The minimum Gasteiger partial charge on any atom is -0.493 e. The lowest BCUT2D eigenvalue weighted by atomic mass is 10.1. The largest absolute Gasteiger partial charge is 0.493 e. The standard InChI is InChI=1S/C19H18ClN3O3/c1-12(2)11-25-16-9-5-13(6-10-16)17-18(23-26-22-17)21-19(24)14-3-7-15(20)8-4-14/h3-10,12H,11H2,1-2H3,(H,21,23,24). The molecule has 2 aromatic carbocycles. The van der Waals surface area contributed by atoms with Crippen molar-refractivity contribution >= 4 is 23.3 Å². The summed E-state index contributed by atoms with van der Waals surface area (Å²) in [7, 11) is 0. The number of carbonyl (C=O) groups is 1. The molecule has 0 unspecified atom stereocenters. The van der Waals surface area contributed by atoms with Crippen LogP contribution in [-0.4, -0.2) is 22.8 Å². The number of hydrogen-bond acceptors (Lipinski definition) is 5. The first-order valence-electron chi connectivity index (χ1n) is 8.15. The molecule has 0 saturated carbocycles. The van der Waals surface area contributed by atoms with Crippen molar-refractivity contribution in [2.45, 2.75) is 13.8 Å². The number of ether oxygens (including phenoxy) is 1. The second-order valence-corrected chi connectivity index (χ2v) is 6.59. The fourth-order valence-corrected chi connectivity index (χ4v) is 2.34. The summed E-state index contributed by atoms with van der Waals surface area (Å²) in [6.07, 6.45) is 0. The summed E-state index contributed by atoms with van der Waals surface area (Å²) >= 11 is 5.84. The van der Waals surface area contributed by atoms with E-state index >= 15 is 0 Å². The Morgan fingerprint density at radius 3 is 2.46 bits per heavy atom. The number of anilines is 1. The van der Waals surface area contributed by atoms with E-state index in [1.165, 1.54) is 0 Å². The number of nitrogens with zero attached hydrogens (tertiary/aromatic N) is 2. The molecule has 0 aliphatic heterocycles. The molecule has 6 nitrogen and oxygen atoms in total. The number of amides is 1.